The first-order valence-corrected chi connectivity index (χ1v) is 11.8. The molecule has 0 bridgehead atoms. The number of carbonyl (C=O) groups excluding carboxylic acids is 3. The van der Waals surface area contributed by atoms with Gasteiger partial charge < -0.3 is 19.5 Å². The number of hydrogen-bond acceptors (Lipinski definition) is 6. The first-order valence-electron chi connectivity index (χ1n) is 11.8. The molecule has 0 aromatic rings. The van der Waals surface area contributed by atoms with E-state index in [1.165, 1.54) is 7.11 Å². The van der Waals surface area contributed by atoms with Gasteiger partial charge in [-0.2, -0.15) is 0 Å². The molecule has 0 saturated carbocycles. The normalized spacial score (nSPS) is 22.3. The summed E-state index contributed by atoms with van der Waals surface area (Å²) < 4.78 is 16.2. The molecule has 1 rings (SSSR count). The SMILES string of the molecule is CC=C[C@@H]1C[C@H](C(=O)OC(C)(C)C)N(C(=O)OC(C)(C)C)[C@@H]1CC(CC)CNC(=O)COC. The molecule has 190 valence electrons. The molecule has 0 spiro atoms. The molecule has 1 heterocycles. The van der Waals surface area contributed by atoms with E-state index in [1.54, 1.807) is 4.90 Å². The van der Waals surface area contributed by atoms with Gasteiger partial charge in [0, 0.05) is 19.7 Å². The minimum absolute atomic E-state index is 0.00577. The second-order valence-electron chi connectivity index (χ2n) is 10.7. The number of ether oxygens (including phenoxy) is 3. The highest BCUT2D eigenvalue weighted by atomic mass is 16.6. The van der Waals surface area contributed by atoms with E-state index in [9.17, 15) is 14.4 Å². The molecular weight excluding hydrogens is 424 g/mol. The smallest absolute Gasteiger partial charge is 0.411 e. The van der Waals surface area contributed by atoms with Crippen LogP contribution in [0.4, 0.5) is 4.79 Å². The maximum absolute atomic E-state index is 13.3. The van der Waals surface area contributed by atoms with Gasteiger partial charge in [0.05, 0.1) is 0 Å². The van der Waals surface area contributed by atoms with Crippen molar-refractivity contribution < 1.29 is 28.6 Å². The summed E-state index contributed by atoms with van der Waals surface area (Å²) in [6.45, 7) is 15.3. The number of methoxy groups -OCH3 is 1. The van der Waals surface area contributed by atoms with Crippen LogP contribution in [-0.4, -0.2) is 66.4 Å². The number of esters is 1. The van der Waals surface area contributed by atoms with Crippen LogP contribution in [0.15, 0.2) is 12.2 Å². The van der Waals surface area contributed by atoms with Gasteiger partial charge in [0.2, 0.25) is 5.91 Å². The van der Waals surface area contributed by atoms with Crippen molar-refractivity contribution in [2.75, 3.05) is 20.3 Å². The zero-order valence-corrected chi connectivity index (χ0v) is 21.9. The Kier molecular flexibility index (Phi) is 10.9. The van der Waals surface area contributed by atoms with Crippen molar-refractivity contribution in [3.05, 3.63) is 12.2 Å². The molecule has 2 amide bonds. The van der Waals surface area contributed by atoms with Crippen molar-refractivity contribution in [1.82, 2.24) is 10.2 Å². The minimum atomic E-state index is -0.731. The lowest BCUT2D eigenvalue weighted by Crippen LogP contribution is -2.50. The van der Waals surface area contributed by atoms with Gasteiger partial charge in [-0.05, 0) is 73.1 Å². The molecule has 1 unspecified atom stereocenters. The zero-order chi connectivity index (χ0) is 25.4. The van der Waals surface area contributed by atoms with Crippen molar-refractivity contribution in [2.45, 2.75) is 97.9 Å². The Balaban J connectivity index is 3.23. The van der Waals surface area contributed by atoms with Crippen molar-refractivity contribution in [3.8, 4) is 0 Å². The van der Waals surface area contributed by atoms with Crippen LogP contribution in [0.5, 0.6) is 0 Å². The van der Waals surface area contributed by atoms with Gasteiger partial charge in [0.15, 0.2) is 0 Å². The summed E-state index contributed by atoms with van der Waals surface area (Å²) in [4.78, 5) is 39.9. The Hall–Kier alpha value is -2.09. The summed E-state index contributed by atoms with van der Waals surface area (Å²) in [6.07, 6.45) is 5.37. The Morgan fingerprint density at radius 3 is 2.18 bits per heavy atom. The van der Waals surface area contributed by atoms with E-state index in [2.05, 4.69) is 12.2 Å². The van der Waals surface area contributed by atoms with E-state index in [-0.39, 0.29) is 30.4 Å². The largest absolute Gasteiger partial charge is 0.458 e. The maximum atomic E-state index is 13.3. The minimum Gasteiger partial charge on any atom is -0.458 e. The van der Waals surface area contributed by atoms with Crippen LogP contribution in [0.3, 0.4) is 0 Å². The molecule has 1 fully saturated rings. The highest BCUT2D eigenvalue weighted by molar-refractivity contribution is 5.83. The van der Waals surface area contributed by atoms with E-state index in [4.69, 9.17) is 14.2 Å². The first-order chi connectivity index (χ1) is 15.2. The van der Waals surface area contributed by atoms with Gasteiger partial charge in [-0.25, -0.2) is 9.59 Å². The van der Waals surface area contributed by atoms with Gasteiger partial charge in [0.25, 0.3) is 0 Å². The molecule has 0 aromatic heterocycles. The predicted octanol–water partition coefficient (Wildman–Crippen LogP) is 4.08. The molecule has 0 radical (unpaired) electrons. The van der Waals surface area contributed by atoms with E-state index in [0.717, 1.165) is 6.42 Å². The molecule has 1 aliphatic rings. The summed E-state index contributed by atoms with van der Waals surface area (Å²) in [5, 5.41) is 2.89. The number of allylic oxidation sites excluding steroid dienone is 1. The van der Waals surface area contributed by atoms with Crippen molar-refractivity contribution >= 4 is 18.0 Å². The summed E-state index contributed by atoms with van der Waals surface area (Å²) in [7, 11) is 1.48. The fourth-order valence-corrected chi connectivity index (χ4v) is 4.04. The van der Waals surface area contributed by atoms with Crippen LogP contribution in [0, 0.1) is 11.8 Å². The molecule has 4 atom stereocenters. The van der Waals surface area contributed by atoms with Gasteiger partial charge >= 0.3 is 12.1 Å². The summed E-state index contributed by atoms with van der Waals surface area (Å²) in [5.74, 6) is -0.510. The predicted molar refractivity (Wildman–Crippen MR) is 128 cm³/mol. The lowest BCUT2D eigenvalue weighted by molar-refractivity contribution is -0.160. The van der Waals surface area contributed by atoms with Gasteiger partial charge in [-0.15, -0.1) is 0 Å². The summed E-state index contributed by atoms with van der Waals surface area (Å²) >= 11 is 0. The molecule has 1 aliphatic heterocycles. The Morgan fingerprint density at radius 2 is 1.70 bits per heavy atom. The maximum Gasteiger partial charge on any atom is 0.411 e. The standard InChI is InChI=1S/C25H44N2O6/c1-10-12-18-14-20(22(29)32-24(3,4)5)27(23(30)33-25(6,7)8)19(18)13-17(11-2)15-26-21(28)16-31-9/h10,12,17-20H,11,13-16H2,1-9H3,(H,26,28)/t17?,18-,19-,20-/m1/s1. The quantitative estimate of drug-likeness (QED) is 0.405. The number of likely N-dealkylation sites (tertiary alicyclic amines) is 1. The highest BCUT2D eigenvalue weighted by Crippen LogP contribution is 2.37. The highest BCUT2D eigenvalue weighted by Gasteiger charge is 2.49. The first kappa shape index (κ1) is 28.9. The summed E-state index contributed by atoms with van der Waals surface area (Å²) in [6, 6.07) is -0.983. The average Bonchev–Trinajstić information content (AvgIpc) is 3.01. The molecule has 33 heavy (non-hydrogen) atoms. The van der Waals surface area contributed by atoms with Crippen molar-refractivity contribution in [2.24, 2.45) is 11.8 Å². The molecule has 1 saturated heterocycles. The van der Waals surface area contributed by atoms with Crippen LogP contribution in [0.25, 0.3) is 0 Å². The second kappa shape index (κ2) is 12.4. The number of amides is 2. The van der Waals surface area contributed by atoms with Crippen LogP contribution in [0.2, 0.25) is 0 Å². The summed E-state index contributed by atoms with van der Waals surface area (Å²) in [5.41, 5.74) is -1.36. The lowest BCUT2D eigenvalue weighted by Gasteiger charge is -2.35. The van der Waals surface area contributed by atoms with Crippen molar-refractivity contribution in [1.29, 1.82) is 0 Å². The molecule has 1 N–H and O–H groups in total. The third-order valence-corrected chi connectivity index (χ3v) is 5.42. The number of nitrogens with zero attached hydrogens (tertiary/aromatic N) is 1. The fraction of sp³-hybridized carbons (Fsp3) is 0.800. The van der Waals surface area contributed by atoms with Crippen LogP contribution in [-0.2, 0) is 23.8 Å². The van der Waals surface area contributed by atoms with Crippen LogP contribution >= 0.6 is 0 Å². The Bertz CT molecular complexity index is 692. The second-order valence-corrected chi connectivity index (χ2v) is 10.7. The van der Waals surface area contributed by atoms with E-state index < -0.39 is 29.3 Å². The van der Waals surface area contributed by atoms with E-state index in [0.29, 0.717) is 19.4 Å². The third-order valence-electron chi connectivity index (χ3n) is 5.42. The number of hydrogen-bond donors (Lipinski definition) is 1. The van der Waals surface area contributed by atoms with E-state index in [1.807, 2.05) is 60.6 Å². The molecule has 0 aromatic carbocycles. The Morgan fingerprint density at radius 1 is 1.09 bits per heavy atom. The lowest BCUT2D eigenvalue weighted by atomic mass is 9.89. The fourth-order valence-electron chi connectivity index (χ4n) is 4.04. The molecule has 0 aliphatic carbocycles. The monoisotopic (exact) mass is 468 g/mol. The van der Waals surface area contributed by atoms with Gasteiger partial charge in [0.1, 0.15) is 23.9 Å². The van der Waals surface area contributed by atoms with Gasteiger partial charge in [-0.1, -0.05) is 25.5 Å². The average molecular weight is 469 g/mol. The number of nitrogens with one attached hydrogen (secondary N) is 1. The van der Waals surface area contributed by atoms with Crippen molar-refractivity contribution in [3.63, 3.8) is 0 Å². The topological polar surface area (TPSA) is 94.2 Å². The molecule has 8 heteroatoms. The van der Waals surface area contributed by atoms with E-state index >= 15 is 0 Å². The number of rotatable bonds is 9. The molecule has 8 nitrogen and oxygen atoms in total. The zero-order valence-electron chi connectivity index (χ0n) is 21.9. The third kappa shape index (κ3) is 9.74. The Labute approximate surface area is 199 Å². The number of carbonyl (C=O) groups is 3. The van der Waals surface area contributed by atoms with Crippen LogP contribution < -0.4 is 5.32 Å². The van der Waals surface area contributed by atoms with Gasteiger partial charge in [-0.3, -0.25) is 9.69 Å². The molecular formula is C25H44N2O6. The van der Waals surface area contributed by atoms with Crippen LogP contribution in [0.1, 0.15) is 74.7 Å².